The molecule has 0 unspecified atom stereocenters. The summed E-state index contributed by atoms with van der Waals surface area (Å²) >= 11 is 10.7. The third kappa shape index (κ3) is 3.03. The van der Waals surface area contributed by atoms with Crippen molar-refractivity contribution in [1.29, 1.82) is 0 Å². The van der Waals surface area contributed by atoms with Crippen molar-refractivity contribution in [3.63, 3.8) is 0 Å². The van der Waals surface area contributed by atoms with E-state index in [2.05, 4.69) is 36.8 Å². The van der Waals surface area contributed by atoms with E-state index >= 15 is 0 Å². The number of thiophene rings is 1. The summed E-state index contributed by atoms with van der Waals surface area (Å²) in [6, 6.07) is 9.46. The molecule has 0 fully saturated rings. The maximum Gasteiger partial charge on any atom is 0.254 e. The molecule has 0 atom stereocenters. The second kappa shape index (κ2) is 6.55. The van der Waals surface area contributed by atoms with Gasteiger partial charge in [0.1, 0.15) is 0 Å². The number of rotatable bonds is 4. The molecule has 3 aromatic rings. The van der Waals surface area contributed by atoms with Crippen LogP contribution in [0, 0.1) is 0 Å². The number of nitrogens with zero attached hydrogens (tertiary/aromatic N) is 4. The molecule has 2 heterocycles. The number of para-hydroxylation sites is 1. The van der Waals surface area contributed by atoms with Crippen LogP contribution in [0.25, 0.3) is 5.69 Å². The number of amides is 1. The van der Waals surface area contributed by atoms with Gasteiger partial charge in [0.25, 0.3) is 5.91 Å². The van der Waals surface area contributed by atoms with Crippen molar-refractivity contribution in [2.24, 2.45) is 0 Å². The lowest BCUT2D eigenvalue weighted by molar-refractivity contribution is 0.0950. The molecule has 112 valence electrons. The van der Waals surface area contributed by atoms with E-state index in [9.17, 15) is 4.79 Å². The van der Waals surface area contributed by atoms with E-state index in [1.165, 1.54) is 11.3 Å². The quantitative estimate of drug-likeness (QED) is 0.733. The highest BCUT2D eigenvalue weighted by Crippen LogP contribution is 2.32. The number of aromatic nitrogens is 4. The summed E-state index contributed by atoms with van der Waals surface area (Å²) in [5, 5.41) is 16.4. The van der Waals surface area contributed by atoms with Crippen molar-refractivity contribution in [1.82, 2.24) is 25.5 Å². The predicted molar refractivity (Wildman–Crippen MR) is 87.4 cm³/mol. The van der Waals surface area contributed by atoms with E-state index in [4.69, 9.17) is 11.6 Å². The van der Waals surface area contributed by atoms with Gasteiger partial charge in [-0.3, -0.25) is 4.79 Å². The number of halogens is 2. The van der Waals surface area contributed by atoms with Gasteiger partial charge in [-0.2, -0.15) is 4.68 Å². The molecule has 1 amide bonds. The van der Waals surface area contributed by atoms with Crippen LogP contribution in [-0.4, -0.2) is 26.1 Å². The SMILES string of the molecule is O=C(NCc1nnnn1-c1ccccc1)c1csc(Br)c1Cl. The Balaban J connectivity index is 1.74. The second-order valence-electron chi connectivity index (χ2n) is 4.26. The largest absolute Gasteiger partial charge is 0.345 e. The molecule has 0 radical (unpaired) electrons. The van der Waals surface area contributed by atoms with Crippen LogP contribution >= 0.6 is 38.9 Å². The van der Waals surface area contributed by atoms with E-state index in [1.807, 2.05) is 30.3 Å². The smallest absolute Gasteiger partial charge is 0.254 e. The van der Waals surface area contributed by atoms with Crippen molar-refractivity contribution in [3.05, 3.63) is 55.9 Å². The van der Waals surface area contributed by atoms with Crippen LogP contribution in [0.3, 0.4) is 0 Å². The van der Waals surface area contributed by atoms with Gasteiger partial charge in [-0.1, -0.05) is 29.8 Å². The molecule has 0 spiro atoms. The molecule has 6 nitrogen and oxygen atoms in total. The summed E-state index contributed by atoms with van der Waals surface area (Å²) in [7, 11) is 0. The van der Waals surface area contributed by atoms with Crippen LogP contribution in [-0.2, 0) is 6.54 Å². The predicted octanol–water partition coefficient (Wildman–Crippen LogP) is 3.07. The third-order valence-electron chi connectivity index (χ3n) is 2.88. The Bertz CT molecular complexity index is 804. The highest BCUT2D eigenvalue weighted by Gasteiger charge is 2.16. The lowest BCUT2D eigenvalue weighted by atomic mass is 10.3. The molecular weight excluding hydrogens is 390 g/mol. The van der Waals surface area contributed by atoms with Crippen LogP contribution in [0.2, 0.25) is 5.02 Å². The molecule has 0 aliphatic heterocycles. The minimum atomic E-state index is -0.269. The first-order chi connectivity index (χ1) is 10.7. The molecule has 1 N–H and O–H groups in total. The lowest BCUT2D eigenvalue weighted by Crippen LogP contribution is -2.24. The summed E-state index contributed by atoms with van der Waals surface area (Å²) in [5.41, 5.74) is 1.25. The Morgan fingerprint density at radius 3 is 2.82 bits per heavy atom. The molecule has 9 heteroatoms. The molecule has 0 saturated carbocycles. The average molecular weight is 399 g/mol. The van der Waals surface area contributed by atoms with Gasteiger partial charge >= 0.3 is 0 Å². The molecular formula is C13H9BrClN5OS. The molecule has 0 saturated heterocycles. The Labute approximate surface area is 143 Å². The maximum atomic E-state index is 12.1. The fourth-order valence-corrected chi connectivity index (χ4v) is 3.31. The summed E-state index contributed by atoms with van der Waals surface area (Å²) in [6.45, 7) is 0.199. The summed E-state index contributed by atoms with van der Waals surface area (Å²) in [5.74, 6) is 0.263. The number of benzene rings is 1. The van der Waals surface area contributed by atoms with Crippen molar-refractivity contribution in [2.45, 2.75) is 6.54 Å². The number of carbonyl (C=O) groups excluding carboxylic acids is 1. The molecule has 22 heavy (non-hydrogen) atoms. The van der Waals surface area contributed by atoms with Crippen molar-refractivity contribution in [2.75, 3.05) is 0 Å². The average Bonchev–Trinajstić information content (AvgIpc) is 3.14. The molecule has 0 aliphatic carbocycles. The fraction of sp³-hybridized carbons (Fsp3) is 0.0769. The maximum absolute atomic E-state index is 12.1. The molecule has 1 aromatic carbocycles. The Morgan fingerprint density at radius 1 is 1.36 bits per heavy atom. The van der Waals surface area contributed by atoms with Crippen LogP contribution < -0.4 is 5.32 Å². The number of nitrogens with one attached hydrogen (secondary N) is 1. The first-order valence-electron chi connectivity index (χ1n) is 6.20. The van der Waals surface area contributed by atoms with Gasteiger partial charge in [-0.25, -0.2) is 0 Å². The van der Waals surface area contributed by atoms with Gasteiger partial charge in [0.2, 0.25) is 0 Å². The lowest BCUT2D eigenvalue weighted by Gasteiger charge is -2.06. The minimum Gasteiger partial charge on any atom is -0.345 e. The zero-order chi connectivity index (χ0) is 15.5. The fourth-order valence-electron chi connectivity index (χ4n) is 1.81. The van der Waals surface area contributed by atoms with Gasteiger partial charge in [0, 0.05) is 5.38 Å². The minimum absolute atomic E-state index is 0.199. The summed E-state index contributed by atoms with van der Waals surface area (Å²) in [6.07, 6.45) is 0. The zero-order valence-corrected chi connectivity index (χ0v) is 14.2. The van der Waals surface area contributed by atoms with Gasteiger partial charge in [-0.05, 0) is 38.5 Å². The zero-order valence-electron chi connectivity index (χ0n) is 11.0. The Kier molecular flexibility index (Phi) is 4.51. The van der Waals surface area contributed by atoms with Crippen molar-refractivity contribution >= 4 is 44.8 Å². The normalized spacial score (nSPS) is 10.6. The molecule has 3 rings (SSSR count). The van der Waals surface area contributed by atoms with Crippen LogP contribution in [0.1, 0.15) is 16.2 Å². The summed E-state index contributed by atoms with van der Waals surface area (Å²) < 4.78 is 2.30. The highest BCUT2D eigenvalue weighted by atomic mass is 79.9. The monoisotopic (exact) mass is 397 g/mol. The van der Waals surface area contributed by atoms with Crippen LogP contribution in [0.5, 0.6) is 0 Å². The number of hydrogen-bond acceptors (Lipinski definition) is 5. The third-order valence-corrected chi connectivity index (χ3v) is 5.33. The van der Waals surface area contributed by atoms with E-state index in [-0.39, 0.29) is 12.5 Å². The number of tetrazole rings is 1. The van der Waals surface area contributed by atoms with E-state index < -0.39 is 0 Å². The molecule has 0 bridgehead atoms. The molecule has 2 aromatic heterocycles. The Hall–Kier alpha value is -1.77. The van der Waals surface area contributed by atoms with Gasteiger partial charge in [-0.15, -0.1) is 16.4 Å². The topological polar surface area (TPSA) is 72.7 Å². The number of carbonyl (C=O) groups is 1. The van der Waals surface area contributed by atoms with E-state index in [1.54, 1.807) is 10.1 Å². The second-order valence-corrected chi connectivity index (χ2v) is 6.84. The van der Waals surface area contributed by atoms with Crippen LogP contribution in [0.4, 0.5) is 0 Å². The summed E-state index contributed by atoms with van der Waals surface area (Å²) in [4.78, 5) is 12.1. The number of hydrogen-bond donors (Lipinski definition) is 1. The van der Waals surface area contributed by atoms with Gasteiger partial charge < -0.3 is 5.32 Å². The van der Waals surface area contributed by atoms with Gasteiger partial charge in [0.05, 0.1) is 26.6 Å². The first-order valence-corrected chi connectivity index (χ1v) is 8.25. The van der Waals surface area contributed by atoms with Gasteiger partial charge in [0.15, 0.2) is 5.82 Å². The Morgan fingerprint density at radius 2 is 2.14 bits per heavy atom. The standard InChI is InChI=1S/C13H9BrClN5OS/c14-12-11(15)9(7-22-12)13(21)16-6-10-17-18-19-20(10)8-4-2-1-3-5-8/h1-5,7H,6H2,(H,16,21). The van der Waals surface area contributed by atoms with E-state index in [0.29, 0.717) is 16.4 Å². The van der Waals surface area contributed by atoms with Crippen molar-refractivity contribution < 1.29 is 4.79 Å². The van der Waals surface area contributed by atoms with Crippen LogP contribution in [0.15, 0.2) is 39.5 Å². The van der Waals surface area contributed by atoms with Crippen molar-refractivity contribution in [3.8, 4) is 5.69 Å². The molecule has 0 aliphatic rings. The first kappa shape index (κ1) is 15.1. The highest BCUT2D eigenvalue weighted by molar-refractivity contribution is 9.11. The van der Waals surface area contributed by atoms with E-state index in [0.717, 1.165) is 9.47 Å².